The van der Waals surface area contributed by atoms with Gasteiger partial charge in [0.2, 0.25) is 0 Å². The van der Waals surface area contributed by atoms with Gasteiger partial charge in [-0.2, -0.15) is 5.10 Å². The normalized spacial score (nSPS) is 13.5. The number of hydrogen-bond acceptors (Lipinski definition) is 2. The van der Waals surface area contributed by atoms with Crippen molar-refractivity contribution in [1.82, 2.24) is 10.2 Å². The van der Waals surface area contributed by atoms with Gasteiger partial charge in [0, 0.05) is 11.3 Å². The molecule has 1 aliphatic carbocycles. The van der Waals surface area contributed by atoms with Gasteiger partial charge in [-0.3, -0.25) is 9.89 Å². The highest BCUT2D eigenvalue weighted by molar-refractivity contribution is 5.72. The zero-order valence-corrected chi connectivity index (χ0v) is 10.9. The number of carboxylic acids is 1. The third-order valence-electron chi connectivity index (χ3n) is 3.81. The third kappa shape index (κ3) is 2.14. The Bertz CT molecular complexity index is 644. The molecule has 0 spiro atoms. The summed E-state index contributed by atoms with van der Waals surface area (Å²) >= 11 is 0. The molecule has 0 unspecified atom stereocenters. The smallest absolute Gasteiger partial charge is 0.309 e. The lowest BCUT2D eigenvalue weighted by atomic mass is 10.0. The summed E-state index contributed by atoms with van der Waals surface area (Å²) in [5.74, 6) is -0.841. The van der Waals surface area contributed by atoms with Crippen LogP contribution in [0.15, 0.2) is 18.2 Å². The van der Waals surface area contributed by atoms with Crippen LogP contribution in [0.25, 0.3) is 11.3 Å². The average Bonchev–Trinajstić information content (AvgIpc) is 2.96. The Hall–Kier alpha value is -2.10. The van der Waals surface area contributed by atoms with E-state index in [1.54, 1.807) is 0 Å². The molecular formula is C15H16N2O2. The van der Waals surface area contributed by atoms with Gasteiger partial charge in [-0.25, -0.2) is 0 Å². The second-order valence-electron chi connectivity index (χ2n) is 5.08. The molecule has 4 heteroatoms. The number of aliphatic carboxylic acids is 1. The van der Waals surface area contributed by atoms with Gasteiger partial charge in [0.15, 0.2) is 0 Å². The summed E-state index contributed by atoms with van der Waals surface area (Å²) in [7, 11) is 0. The molecule has 19 heavy (non-hydrogen) atoms. The van der Waals surface area contributed by atoms with Gasteiger partial charge in [0.05, 0.1) is 12.1 Å². The van der Waals surface area contributed by atoms with Crippen molar-refractivity contribution in [3.05, 3.63) is 40.6 Å². The number of aromatic amines is 1. The Balaban J connectivity index is 1.98. The minimum atomic E-state index is -0.841. The summed E-state index contributed by atoms with van der Waals surface area (Å²) in [6.07, 6.45) is 3.51. The zero-order valence-electron chi connectivity index (χ0n) is 10.9. The molecule has 1 aromatic carbocycles. The lowest BCUT2D eigenvalue weighted by molar-refractivity contribution is -0.136. The van der Waals surface area contributed by atoms with Crippen molar-refractivity contribution >= 4 is 5.97 Å². The van der Waals surface area contributed by atoms with Crippen molar-refractivity contribution in [2.45, 2.75) is 32.6 Å². The van der Waals surface area contributed by atoms with Crippen molar-refractivity contribution in [3.8, 4) is 11.3 Å². The minimum Gasteiger partial charge on any atom is -0.481 e. The van der Waals surface area contributed by atoms with Crippen LogP contribution in [0, 0.1) is 6.92 Å². The average molecular weight is 256 g/mol. The molecule has 0 radical (unpaired) electrons. The van der Waals surface area contributed by atoms with E-state index >= 15 is 0 Å². The van der Waals surface area contributed by atoms with E-state index in [1.165, 1.54) is 24.0 Å². The predicted octanol–water partition coefficient (Wildman–Crippen LogP) is 2.50. The second kappa shape index (κ2) is 4.53. The molecule has 1 aromatic heterocycles. The summed E-state index contributed by atoms with van der Waals surface area (Å²) in [6.45, 7) is 1.92. The van der Waals surface area contributed by atoms with Crippen LogP contribution in [0.2, 0.25) is 0 Å². The quantitative estimate of drug-likeness (QED) is 0.886. The van der Waals surface area contributed by atoms with Crippen LogP contribution in [0.4, 0.5) is 0 Å². The molecule has 0 saturated carbocycles. The molecule has 2 N–H and O–H groups in total. The van der Waals surface area contributed by atoms with E-state index in [2.05, 4.69) is 28.4 Å². The number of carboxylic acid groups (broad SMARTS) is 1. The van der Waals surface area contributed by atoms with Crippen LogP contribution in [0.1, 0.15) is 28.8 Å². The topological polar surface area (TPSA) is 66.0 Å². The van der Waals surface area contributed by atoms with Crippen molar-refractivity contribution in [2.75, 3.05) is 0 Å². The van der Waals surface area contributed by atoms with E-state index in [1.807, 2.05) is 6.92 Å². The molecule has 0 bridgehead atoms. The Labute approximate surface area is 111 Å². The van der Waals surface area contributed by atoms with Crippen molar-refractivity contribution < 1.29 is 9.90 Å². The number of nitrogens with zero attached hydrogens (tertiary/aromatic N) is 1. The number of rotatable bonds is 3. The van der Waals surface area contributed by atoms with Crippen molar-refractivity contribution in [1.29, 1.82) is 0 Å². The van der Waals surface area contributed by atoms with Gasteiger partial charge in [0.25, 0.3) is 0 Å². The van der Waals surface area contributed by atoms with Crippen LogP contribution in [-0.2, 0) is 24.1 Å². The first-order valence-electron chi connectivity index (χ1n) is 6.53. The number of aromatic nitrogens is 2. The first-order chi connectivity index (χ1) is 9.15. The molecule has 0 aliphatic heterocycles. The van der Waals surface area contributed by atoms with E-state index in [9.17, 15) is 4.79 Å². The fourth-order valence-electron chi connectivity index (χ4n) is 2.76. The summed E-state index contributed by atoms with van der Waals surface area (Å²) in [5, 5.41) is 16.0. The van der Waals surface area contributed by atoms with Gasteiger partial charge < -0.3 is 5.11 Å². The maximum Gasteiger partial charge on any atom is 0.309 e. The lowest BCUT2D eigenvalue weighted by Crippen LogP contribution is -2.01. The maximum absolute atomic E-state index is 10.8. The monoisotopic (exact) mass is 256 g/mol. The van der Waals surface area contributed by atoms with E-state index < -0.39 is 5.97 Å². The number of fused-ring (bicyclic) bond motifs is 1. The Morgan fingerprint density at radius 3 is 2.95 bits per heavy atom. The molecule has 3 rings (SSSR count). The molecule has 1 aliphatic rings. The Morgan fingerprint density at radius 1 is 1.37 bits per heavy atom. The van der Waals surface area contributed by atoms with Crippen molar-refractivity contribution in [2.24, 2.45) is 0 Å². The number of nitrogens with one attached hydrogen (secondary N) is 1. The molecule has 2 aromatic rings. The van der Waals surface area contributed by atoms with Crippen molar-refractivity contribution in [3.63, 3.8) is 0 Å². The summed E-state index contributed by atoms with van der Waals surface area (Å²) < 4.78 is 0. The van der Waals surface area contributed by atoms with E-state index in [0.717, 1.165) is 23.2 Å². The van der Waals surface area contributed by atoms with Crippen LogP contribution in [0.3, 0.4) is 0 Å². The molecular weight excluding hydrogens is 240 g/mol. The van der Waals surface area contributed by atoms with Crippen LogP contribution < -0.4 is 0 Å². The zero-order chi connectivity index (χ0) is 13.4. The van der Waals surface area contributed by atoms with E-state index in [-0.39, 0.29) is 6.42 Å². The highest BCUT2D eigenvalue weighted by Gasteiger charge is 2.16. The Kier molecular flexibility index (Phi) is 2.85. The fraction of sp³-hybridized carbons (Fsp3) is 0.333. The number of hydrogen-bond donors (Lipinski definition) is 2. The highest BCUT2D eigenvalue weighted by Crippen LogP contribution is 2.29. The molecule has 0 fully saturated rings. The molecule has 0 amide bonds. The molecule has 1 heterocycles. The SMILES string of the molecule is Cc1c(-c2ccc3c(c2)CCC3)n[nH]c1CC(=O)O. The summed E-state index contributed by atoms with van der Waals surface area (Å²) in [4.78, 5) is 10.8. The maximum atomic E-state index is 10.8. The van der Waals surface area contributed by atoms with Crippen LogP contribution >= 0.6 is 0 Å². The third-order valence-corrected chi connectivity index (χ3v) is 3.81. The Morgan fingerprint density at radius 2 is 2.16 bits per heavy atom. The van der Waals surface area contributed by atoms with Gasteiger partial charge in [-0.05, 0) is 48.9 Å². The summed E-state index contributed by atoms with van der Waals surface area (Å²) in [5.41, 5.74) is 6.39. The largest absolute Gasteiger partial charge is 0.481 e. The van der Waals surface area contributed by atoms with Gasteiger partial charge >= 0.3 is 5.97 Å². The standard InChI is InChI=1S/C15H16N2O2/c1-9-13(8-14(18)19)16-17-15(9)12-6-5-10-3-2-4-11(10)7-12/h5-7H,2-4,8H2,1H3,(H,16,17)(H,18,19). The number of benzene rings is 1. The predicted molar refractivity (Wildman–Crippen MR) is 72.1 cm³/mol. The number of H-pyrrole nitrogens is 1. The van der Waals surface area contributed by atoms with E-state index in [4.69, 9.17) is 5.11 Å². The van der Waals surface area contributed by atoms with Gasteiger partial charge in [0.1, 0.15) is 0 Å². The summed E-state index contributed by atoms with van der Waals surface area (Å²) in [6, 6.07) is 6.44. The van der Waals surface area contributed by atoms with Gasteiger partial charge in [-0.15, -0.1) is 0 Å². The van der Waals surface area contributed by atoms with Gasteiger partial charge in [-0.1, -0.05) is 12.1 Å². The molecule has 98 valence electrons. The van der Waals surface area contributed by atoms with Crippen LogP contribution in [0.5, 0.6) is 0 Å². The number of aryl methyl sites for hydroxylation is 2. The van der Waals surface area contributed by atoms with E-state index in [0.29, 0.717) is 5.69 Å². The van der Waals surface area contributed by atoms with Crippen LogP contribution in [-0.4, -0.2) is 21.3 Å². The fourth-order valence-corrected chi connectivity index (χ4v) is 2.76. The highest BCUT2D eigenvalue weighted by atomic mass is 16.4. The minimum absolute atomic E-state index is 0.0101. The first-order valence-corrected chi connectivity index (χ1v) is 6.53. The molecule has 0 saturated heterocycles. The molecule has 4 nitrogen and oxygen atoms in total. The second-order valence-corrected chi connectivity index (χ2v) is 5.08. The number of carbonyl (C=O) groups is 1. The molecule has 0 atom stereocenters. The first kappa shape index (κ1) is 12.0. The lowest BCUT2D eigenvalue weighted by Gasteiger charge is -2.03.